The van der Waals surface area contributed by atoms with E-state index in [1.807, 2.05) is 58.0 Å². The first kappa shape index (κ1) is 19.4. The van der Waals surface area contributed by atoms with E-state index < -0.39 is 0 Å². The number of nitrogens with zero attached hydrogens (tertiary/aromatic N) is 4. The van der Waals surface area contributed by atoms with E-state index in [1.54, 1.807) is 16.4 Å². The fraction of sp³-hybridized carbons (Fsp3) is 0.333. The molecule has 1 amide bonds. The lowest BCUT2D eigenvalue weighted by Gasteiger charge is -2.18. The zero-order valence-corrected chi connectivity index (χ0v) is 17.7. The number of thioether (sulfide) groups is 1. The van der Waals surface area contributed by atoms with Crippen molar-refractivity contribution in [1.82, 2.24) is 19.7 Å². The Balaban J connectivity index is 1.91. The van der Waals surface area contributed by atoms with Crippen molar-refractivity contribution in [3.05, 3.63) is 58.5 Å². The molecule has 1 atom stereocenters. The first-order valence-electron chi connectivity index (χ1n) is 9.53. The number of carbonyl (C=O) groups is 1. The van der Waals surface area contributed by atoms with Crippen molar-refractivity contribution < 1.29 is 9.53 Å². The van der Waals surface area contributed by atoms with Gasteiger partial charge in [0.2, 0.25) is 5.91 Å². The quantitative estimate of drug-likeness (QED) is 0.707. The standard InChI is InChI=1S/C21H23N5O2S/c1-5-28-16-9-7-6-8-15(16)19-18-14(4)25-26(20(18)24-17(27)11-29-19)21-22-12(2)10-13(3)23-21/h6-10,19H,5,11H2,1-4H3,(H,24,27). The molecule has 0 radical (unpaired) electrons. The number of aryl methyl sites for hydroxylation is 3. The summed E-state index contributed by atoms with van der Waals surface area (Å²) in [5.74, 6) is 2.17. The van der Waals surface area contributed by atoms with E-state index >= 15 is 0 Å². The normalized spacial score (nSPS) is 16.1. The third-order valence-corrected chi connectivity index (χ3v) is 5.92. The van der Waals surface area contributed by atoms with Crippen molar-refractivity contribution in [3.8, 4) is 11.7 Å². The van der Waals surface area contributed by atoms with Crippen LogP contribution in [-0.2, 0) is 4.79 Å². The SMILES string of the molecule is CCOc1ccccc1C1SCC(=O)Nc2c1c(C)nn2-c1nc(C)cc(C)n1. The molecule has 0 aliphatic carbocycles. The molecule has 1 unspecified atom stereocenters. The minimum Gasteiger partial charge on any atom is -0.494 e. The number of hydrogen-bond acceptors (Lipinski definition) is 6. The molecule has 0 saturated carbocycles. The Morgan fingerprint density at radius 3 is 2.66 bits per heavy atom. The Morgan fingerprint density at radius 1 is 1.21 bits per heavy atom. The molecular weight excluding hydrogens is 386 g/mol. The van der Waals surface area contributed by atoms with Crippen molar-refractivity contribution >= 4 is 23.5 Å². The van der Waals surface area contributed by atoms with Crippen LogP contribution in [0, 0.1) is 20.8 Å². The summed E-state index contributed by atoms with van der Waals surface area (Å²) >= 11 is 1.57. The van der Waals surface area contributed by atoms with Crippen LogP contribution < -0.4 is 10.1 Å². The second-order valence-electron chi connectivity index (χ2n) is 6.92. The molecule has 4 rings (SSSR count). The maximum Gasteiger partial charge on any atom is 0.252 e. The maximum absolute atomic E-state index is 12.5. The molecule has 3 aromatic rings. The van der Waals surface area contributed by atoms with Gasteiger partial charge in [-0.3, -0.25) is 4.79 Å². The van der Waals surface area contributed by atoms with Gasteiger partial charge in [0, 0.05) is 22.5 Å². The van der Waals surface area contributed by atoms with Crippen LogP contribution in [0.15, 0.2) is 30.3 Å². The van der Waals surface area contributed by atoms with Crippen molar-refractivity contribution in [2.24, 2.45) is 0 Å². The third-order valence-electron chi connectivity index (χ3n) is 4.67. The van der Waals surface area contributed by atoms with E-state index in [0.717, 1.165) is 34.0 Å². The Bertz CT molecular complexity index is 1060. The molecule has 0 spiro atoms. The highest BCUT2D eigenvalue weighted by Crippen LogP contribution is 2.46. The van der Waals surface area contributed by atoms with Crippen molar-refractivity contribution in [1.29, 1.82) is 0 Å². The van der Waals surface area contributed by atoms with Crippen molar-refractivity contribution in [2.45, 2.75) is 32.9 Å². The van der Waals surface area contributed by atoms with Gasteiger partial charge in [-0.1, -0.05) is 18.2 Å². The molecular formula is C21H23N5O2S. The van der Waals surface area contributed by atoms with Gasteiger partial charge in [0.1, 0.15) is 11.6 Å². The van der Waals surface area contributed by atoms with Crippen LogP contribution in [0.3, 0.4) is 0 Å². The first-order valence-corrected chi connectivity index (χ1v) is 10.6. The fourth-order valence-corrected chi connectivity index (χ4v) is 4.77. The number of carbonyl (C=O) groups excluding carboxylic acids is 1. The maximum atomic E-state index is 12.5. The van der Waals surface area contributed by atoms with Crippen LogP contribution in [0.25, 0.3) is 5.95 Å². The molecule has 2 aromatic heterocycles. The number of anilines is 1. The number of nitrogens with one attached hydrogen (secondary N) is 1. The molecule has 0 saturated heterocycles. The van der Waals surface area contributed by atoms with Gasteiger partial charge in [-0.25, -0.2) is 9.97 Å². The smallest absolute Gasteiger partial charge is 0.252 e. The van der Waals surface area contributed by atoms with Crippen molar-refractivity contribution in [2.75, 3.05) is 17.7 Å². The van der Waals surface area contributed by atoms with E-state index in [0.29, 0.717) is 24.1 Å². The number of ether oxygens (including phenoxy) is 1. The largest absolute Gasteiger partial charge is 0.494 e. The van der Waals surface area contributed by atoms with Gasteiger partial charge in [0.05, 0.1) is 23.3 Å². The summed E-state index contributed by atoms with van der Waals surface area (Å²) < 4.78 is 7.51. The summed E-state index contributed by atoms with van der Waals surface area (Å²) in [5, 5.41) is 7.62. The molecule has 7 nitrogen and oxygen atoms in total. The van der Waals surface area contributed by atoms with Gasteiger partial charge in [-0.05, 0) is 39.8 Å². The summed E-state index contributed by atoms with van der Waals surface area (Å²) in [6, 6.07) is 9.87. The second kappa shape index (κ2) is 7.87. The Morgan fingerprint density at radius 2 is 1.93 bits per heavy atom. The Labute approximate surface area is 173 Å². The van der Waals surface area contributed by atoms with Crippen LogP contribution in [0.1, 0.15) is 40.4 Å². The summed E-state index contributed by atoms with van der Waals surface area (Å²) in [5.41, 5.74) is 4.51. The lowest BCUT2D eigenvalue weighted by Crippen LogP contribution is -2.17. The number of para-hydroxylation sites is 1. The number of hydrogen-bond donors (Lipinski definition) is 1. The van der Waals surface area contributed by atoms with E-state index in [2.05, 4.69) is 15.3 Å². The second-order valence-corrected chi connectivity index (χ2v) is 8.01. The van der Waals surface area contributed by atoms with Crippen LogP contribution in [-0.4, -0.2) is 38.0 Å². The minimum absolute atomic E-state index is 0.0711. The zero-order valence-electron chi connectivity index (χ0n) is 16.9. The summed E-state index contributed by atoms with van der Waals surface area (Å²) in [7, 11) is 0. The van der Waals surface area contributed by atoms with Crippen molar-refractivity contribution in [3.63, 3.8) is 0 Å². The molecule has 0 fully saturated rings. The molecule has 1 aromatic carbocycles. The first-order chi connectivity index (χ1) is 14.0. The molecule has 1 aliphatic heterocycles. The highest BCUT2D eigenvalue weighted by Gasteiger charge is 2.32. The summed E-state index contributed by atoms with van der Waals surface area (Å²) in [4.78, 5) is 21.6. The van der Waals surface area contributed by atoms with Crippen LogP contribution in [0.4, 0.5) is 5.82 Å². The number of aromatic nitrogens is 4. The molecule has 8 heteroatoms. The van der Waals surface area contributed by atoms with Gasteiger partial charge in [-0.15, -0.1) is 11.8 Å². The van der Waals surface area contributed by atoms with E-state index in [4.69, 9.17) is 9.84 Å². The number of amides is 1. The molecule has 150 valence electrons. The monoisotopic (exact) mass is 409 g/mol. The third kappa shape index (κ3) is 3.72. The van der Waals surface area contributed by atoms with Gasteiger partial charge in [-0.2, -0.15) is 9.78 Å². The molecule has 1 aliphatic rings. The van der Waals surface area contributed by atoms with Crippen LogP contribution in [0.2, 0.25) is 0 Å². The highest BCUT2D eigenvalue weighted by molar-refractivity contribution is 8.00. The van der Waals surface area contributed by atoms with Gasteiger partial charge < -0.3 is 10.1 Å². The average molecular weight is 410 g/mol. The lowest BCUT2D eigenvalue weighted by atomic mass is 10.0. The number of benzene rings is 1. The minimum atomic E-state index is -0.0913. The molecule has 3 heterocycles. The van der Waals surface area contributed by atoms with E-state index in [9.17, 15) is 4.79 Å². The summed E-state index contributed by atoms with van der Waals surface area (Å²) in [6.45, 7) is 8.33. The Kier molecular flexibility index (Phi) is 5.27. The fourth-order valence-electron chi connectivity index (χ4n) is 3.56. The molecule has 0 bridgehead atoms. The summed E-state index contributed by atoms with van der Waals surface area (Å²) in [6.07, 6.45) is 0. The molecule has 1 N–H and O–H groups in total. The predicted molar refractivity (Wildman–Crippen MR) is 114 cm³/mol. The lowest BCUT2D eigenvalue weighted by molar-refractivity contribution is -0.113. The van der Waals surface area contributed by atoms with Crippen LogP contribution >= 0.6 is 11.8 Å². The van der Waals surface area contributed by atoms with E-state index in [-0.39, 0.29) is 11.2 Å². The topological polar surface area (TPSA) is 81.9 Å². The van der Waals surface area contributed by atoms with Gasteiger partial charge in [0.25, 0.3) is 5.95 Å². The molecule has 29 heavy (non-hydrogen) atoms. The Hall–Kier alpha value is -2.87. The number of rotatable bonds is 4. The predicted octanol–water partition coefficient (Wildman–Crippen LogP) is 3.76. The van der Waals surface area contributed by atoms with Gasteiger partial charge >= 0.3 is 0 Å². The number of fused-ring (bicyclic) bond motifs is 1. The zero-order chi connectivity index (χ0) is 20.5. The van der Waals surface area contributed by atoms with Crippen LogP contribution in [0.5, 0.6) is 5.75 Å². The van der Waals surface area contributed by atoms with E-state index in [1.165, 1.54) is 0 Å². The average Bonchev–Trinajstić information content (AvgIpc) is 2.88. The van der Waals surface area contributed by atoms with Gasteiger partial charge in [0.15, 0.2) is 0 Å². The highest BCUT2D eigenvalue weighted by atomic mass is 32.2.